The van der Waals surface area contributed by atoms with Crippen molar-refractivity contribution in [2.45, 2.75) is 77.7 Å². The van der Waals surface area contributed by atoms with Crippen molar-refractivity contribution in [3.8, 4) is 5.75 Å². The van der Waals surface area contributed by atoms with E-state index in [4.69, 9.17) is 0 Å². The van der Waals surface area contributed by atoms with Crippen LogP contribution in [0.4, 0.5) is 13.2 Å². The Bertz CT molecular complexity index is 532. The average molecular weight is 347 g/mol. The molecule has 0 saturated heterocycles. The monoisotopic (exact) mass is 346 g/mol. The van der Waals surface area contributed by atoms with Gasteiger partial charge in [-0.3, -0.25) is 0 Å². The standard InChI is InChI=1S/C18H29F3OSi/c1-7-23(8-2,9-3)15-11-13(12-18(19,20)21)10-14(16(15)22)17(4,5)6/h10-11,22H,7-9,12H2,1-6H3. The SMILES string of the molecule is CC[Si](CC)(CC)c1cc(CC(F)(F)F)cc(C(C)(C)C)c1O. The lowest BCUT2D eigenvalue weighted by atomic mass is 9.85. The second-order valence-corrected chi connectivity index (χ2v) is 12.6. The molecular weight excluding hydrogens is 317 g/mol. The summed E-state index contributed by atoms with van der Waals surface area (Å²) in [6.45, 7) is 12.0. The molecule has 0 aromatic heterocycles. The Morgan fingerprint density at radius 1 is 0.957 bits per heavy atom. The molecule has 0 bridgehead atoms. The Hall–Kier alpha value is -0.973. The number of alkyl halides is 3. The predicted octanol–water partition coefficient (Wildman–Crippen LogP) is 5.51. The molecule has 1 nitrogen and oxygen atoms in total. The summed E-state index contributed by atoms with van der Waals surface area (Å²) in [6.07, 6.45) is -5.18. The quantitative estimate of drug-likeness (QED) is 0.697. The largest absolute Gasteiger partial charge is 0.508 e. The predicted molar refractivity (Wildman–Crippen MR) is 93.4 cm³/mol. The number of hydrogen-bond acceptors (Lipinski definition) is 1. The summed E-state index contributed by atoms with van der Waals surface area (Å²) in [7, 11) is -1.97. The van der Waals surface area contributed by atoms with Crippen molar-refractivity contribution < 1.29 is 18.3 Å². The van der Waals surface area contributed by atoms with Crippen LogP contribution in [0.2, 0.25) is 18.1 Å². The van der Waals surface area contributed by atoms with Crippen LogP contribution < -0.4 is 5.19 Å². The second kappa shape index (κ2) is 6.87. The van der Waals surface area contributed by atoms with Gasteiger partial charge in [0.05, 0.1) is 14.5 Å². The van der Waals surface area contributed by atoms with Crippen LogP contribution in [0.3, 0.4) is 0 Å². The van der Waals surface area contributed by atoms with Gasteiger partial charge in [0, 0.05) is 0 Å². The summed E-state index contributed by atoms with van der Waals surface area (Å²) >= 11 is 0. The number of benzene rings is 1. The van der Waals surface area contributed by atoms with Crippen LogP contribution >= 0.6 is 0 Å². The van der Waals surface area contributed by atoms with Gasteiger partial charge in [-0.25, -0.2) is 0 Å². The van der Waals surface area contributed by atoms with Crippen LogP contribution in [-0.2, 0) is 11.8 Å². The normalized spacial score (nSPS) is 13.4. The lowest BCUT2D eigenvalue weighted by Crippen LogP contribution is -2.46. The molecule has 1 N–H and O–H groups in total. The zero-order valence-electron chi connectivity index (χ0n) is 15.1. The molecule has 1 rings (SSSR count). The van der Waals surface area contributed by atoms with Gasteiger partial charge in [0.2, 0.25) is 0 Å². The van der Waals surface area contributed by atoms with Crippen molar-refractivity contribution >= 4 is 13.3 Å². The van der Waals surface area contributed by atoms with Gasteiger partial charge in [-0.15, -0.1) is 0 Å². The molecule has 5 heteroatoms. The molecule has 0 saturated carbocycles. The molecular formula is C18H29F3OSi. The van der Waals surface area contributed by atoms with Crippen molar-refractivity contribution in [2.75, 3.05) is 0 Å². The molecule has 0 fully saturated rings. The summed E-state index contributed by atoms with van der Waals surface area (Å²) < 4.78 is 38.7. The van der Waals surface area contributed by atoms with Gasteiger partial charge >= 0.3 is 6.18 Å². The minimum Gasteiger partial charge on any atom is -0.508 e. The first kappa shape index (κ1) is 20.1. The minimum atomic E-state index is -4.24. The second-order valence-electron chi connectivity index (χ2n) is 7.42. The maximum absolute atomic E-state index is 12.9. The van der Waals surface area contributed by atoms with Crippen LogP contribution in [0.15, 0.2) is 12.1 Å². The zero-order valence-corrected chi connectivity index (χ0v) is 16.1. The van der Waals surface area contributed by atoms with Crippen LogP contribution in [0.1, 0.15) is 52.7 Å². The first-order valence-corrected chi connectivity index (χ1v) is 11.0. The molecule has 0 amide bonds. The number of phenolic OH excluding ortho intramolecular Hbond substituents is 1. The van der Waals surface area contributed by atoms with E-state index in [0.717, 1.165) is 23.3 Å². The van der Waals surface area contributed by atoms with E-state index < -0.39 is 26.1 Å². The van der Waals surface area contributed by atoms with Gasteiger partial charge in [-0.05, 0) is 21.7 Å². The van der Waals surface area contributed by atoms with Gasteiger partial charge in [0.1, 0.15) is 5.75 Å². The number of halogens is 3. The van der Waals surface area contributed by atoms with Crippen LogP contribution in [0, 0.1) is 0 Å². The summed E-state index contributed by atoms with van der Waals surface area (Å²) in [6, 6.07) is 5.93. The smallest absolute Gasteiger partial charge is 0.393 e. The first-order valence-electron chi connectivity index (χ1n) is 8.33. The molecule has 1 aromatic rings. The Kier molecular flexibility index (Phi) is 6.00. The molecule has 0 aliphatic rings. The summed E-state index contributed by atoms with van der Waals surface area (Å²) in [5.74, 6) is 0.223. The third-order valence-electron chi connectivity index (χ3n) is 4.98. The van der Waals surface area contributed by atoms with Crippen molar-refractivity contribution in [2.24, 2.45) is 0 Å². The molecule has 0 aliphatic carbocycles. The van der Waals surface area contributed by atoms with Crippen LogP contribution in [0.5, 0.6) is 5.75 Å². The molecule has 23 heavy (non-hydrogen) atoms. The third kappa shape index (κ3) is 4.52. The van der Waals surface area contributed by atoms with Crippen LogP contribution in [-0.4, -0.2) is 19.4 Å². The van der Waals surface area contributed by atoms with E-state index >= 15 is 0 Å². The van der Waals surface area contributed by atoms with Gasteiger partial charge in [-0.1, -0.05) is 71.8 Å². The Balaban J connectivity index is 3.65. The molecule has 132 valence electrons. The highest BCUT2D eigenvalue weighted by Crippen LogP contribution is 2.35. The number of phenols is 1. The number of rotatable bonds is 5. The van der Waals surface area contributed by atoms with E-state index in [-0.39, 0.29) is 11.3 Å². The average Bonchev–Trinajstić information content (AvgIpc) is 2.41. The fraction of sp³-hybridized carbons (Fsp3) is 0.667. The van der Waals surface area contributed by atoms with E-state index in [2.05, 4.69) is 20.8 Å². The Morgan fingerprint density at radius 3 is 1.78 bits per heavy atom. The van der Waals surface area contributed by atoms with Crippen molar-refractivity contribution in [3.63, 3.8) is 0 Å². The van der Waals surface area contributed by atoms with Gasteiger partial charge < -0.3 is 5.11 Å². The maximum atomic E-state index is 12.9. The lowest BCUT2D eigenvalue weighted by molar-refractivity contribution is -0.127. The highest BCUT2D eigenvalue weighted by atomic mass is 28.3. The lowest BCUT2D eigenvalue weighted by Gasteiger charge is -2.33. The molecule has 0 heterocycles. The van der Waals surface area contributed by atoms with E-state index in [0.29, 0.717) is 5.56 Å². The summed E-state index contributed by atoms with van der Waals surface area (Å²) in [5, 5.41) is 11.6. The van der Waals surface area contributed by atoms with Gasteiger partial charge in [0.25, 0.3) is 0 Å². The van der Waals surface area contributed by atoms with Crippen LogP contribution in [0.25, 0.3) is 0 Å². The molecule has 0 aliphatic heterocycles. The van der Waals surface area contributed by atoms with Crippen molar-refractivity contribution in [3.05, 3.63) is 23.3 Å². The fourth-order valence-corrected chi connectivity index (χ4v) is 7.10. The van der Waals surface area contributed by atoms with E-state index in [9.17, 15) is 18.3 Å². The summed E-state index contributed by atoms with van der Waals surface area (Å²) in [5.41, 5.74) is 0.499. The highest BCUT2D eigenvalue weighted by molar-refractivity contribution is 6.92. The third-order valence-corrected chi connectivity index (χ3v) is 10.6. The first-order chi connectivity index (χ1) is 10.4. The number of aromatic hydroxyl groups is 1. The fourth-order valence-electron chi connectivity index (χ4n) is 3.33. The number of hydrogen-bond donors (Lipinski definition) is 1. The minimum absolute atomic E-state index is 0.223. The van der Waals surface area contributed by atoms with E-state index in [1.807, 2.05) is 20.8 Å². The summed E-state index contributed by atoms with van der Waals surface area (Å²) in [4.78, 5) is 0. The molecule has 0 spiro atoms. The molecule has 1 aromatic carbocycles. The van der Waals surface area contributed by atoms with Gasteiger partial charge in [-0.2, -0.15) is 13.2 Å². The molecule has 0 radical (unpaired) electrons. The molecule has 0 atom stereocenters. The van der Waals surface area contributed by atoms with Crippen molar-refractivity contribution in [1.29, 1.82) is 0 Å². The maximum Gasteiger partial charge on any atom is 0.393 e. The van der Waals surface area contributed by atoms with Crippen molar-refractivity contribution in [1.82, 2.24) is 0 Å². The molecule has 0 unspecified atom stereocenters. The van der Waals surface area contributed by atoms with E-state index in [1.54, 1.807) is 6.07 Å². The topological polar surface area (TPSA) is 20.2 Å². The zero-order chi connectivity index (χ0) is 18.1. The Morgan fingerprint density at radius 2 is 1.43 bits per heavy atom. The van der Waals surface area contributed by atoms with Gasteiger partial charge in [0.15, 0.2) is 0 Å². The Labute approximate surface area is 138 Å². The highest BCUT2D eigenvalue weighted by Gasteiger charge is 2.36. The van der Waals surface area contributed by atoms with E-state index in [1.165, 1.54) is 6.07 Å².